The summed E-state index contributed by atoms with van der Waals surface area (Å²) in [6.45, 7) is 1.58. The second-order valence-corrected chi connectivity index (χ2v) is 4.25. The number of nitrogens with two attached hydrogens (primary N) is 1. The zero-order chi connectivity index (χ0) is 11.4. The Morgan fingerprint density at radius 1 is 1.50 bits per heavy atom. The van der Waals surface area contributed by atoms with E-state index in [1.165, 1.54) is 24.0 Å². The molecule has 1 aliphatic rings. The molecule has 88 valence electrons. The number of rotatable bonds is 4. The summed E-state index contributed by atoms with van der Waals surface area (Å²) in [4.78, 5) is 0. The smallest absolute Gasteiger partial charge is 0.119 e. The molecular formula is C13H20N2O. The fraction of sp³-hybridized carbons (Fsp3) is 0.538. The molecule has 3 N–H and O–H groups in total. The molecule has 1 aliphatic carbocycles. The van der Waals surface area contributed by atoms with Gasteiger partial charge in [0.2, 0.25) is 0 Å². The first kappa shape index (κ1) is 11.4. The molecule has 3 heteroatoms. The molecule has 0 spiro atoms. The van der Waals surface area contributed by atoms with Crippen molar-refractivity contribution in [1.29, 1.82) is 0 Å². The van der Waals surface area contributed by atoms with Crippen molar-refractivity contribution in [3.05, 3.63) is 29.3 Å². The number of benzene rings is 1. The highest BCUT2D eigenvalue weighted by Gasteiger charge is 2.19. The minimum atomic E-state index is 0.471. The van der Waals surface area contributed by atoms with Crippen LogP contribution in [0.2, 0.25) is 0 Å². The number of ether oxygens (including phenoxy) is 1. The fourth-order valence-electron chi connectivity index (χ4n) is 2.39. The first-order valence-electron chi connectivity index (χ1n) is 5.95. The second kappa shape index (κ2) is 5.32. The molecule has 1 aromatic rings. The first-order chi connectivity index (χ1) is 7.85. The summed E-state index contributed by atoms with van der Waals surface area (Å²) in [5.41, 5.74) is 8.36. The molecule has 1 unspecified atom stereocenters. The zero-order valence-corrected chi connectivity index (χ0v) is 9.83. The SMILES string of the molecule is COc1ccc2c(c1)CCCC2NCCN. The van der Waals surface area contributed by atoms with Gasteiger partial charge < -0.3 is 15.8 Å². The lowest BCUT2D eigenvalue weighted by Gasteiger charge is -2.26. The van der Waals surface area contributed by atoms with Crippen molar-refractivity contribution in [2.75, 3.05) is 20.2 Å². The third-order valence-corrected chi connectivity index (χ3v) is 3.20. The Hall–Kier alpha value is -1.06. The predicted octanol–water partition coefficient (Wildman–Crippen LogP) is 1.62. The molecule has 0 heterocycles. The molecule has 0 amide bonds. The molecule has 1 atom stereocenters. The van der Waals surface area contributed by atoms with Gasteiger partial charge in [0.25, 0.3) is 0 Å². The van der Waals surface area contributed by atoms with Crippen molar-refractivity contribution in [2.45, 2.75) is 25.3 Å². The van der Waals surface area contributed by atoms with Crippen LogP contribution in [0, 0.1) is 0 Å². The quantitative estimate of drug-likeness (QED) is 0.810. The van der Waals surface area contributed by atoms with E-state index in [4.69, 9.17) is 10.5 Å². The van der Waals surface area contributed by atoms with E-state index in [2.05, 4.69) is 17.4 Å². The van der Waals surface area contributed by atoms with E-state index in [0.717, 1.165) is 18.7 Å². The third kappa shape index (κ3) is 2.36. The maximum atomic E-state index is 5.53. The molecule has 16 heavy (non-hydrogen) atoms. The highest BCUT2D eigenvalue weighted by Crippen LogP contribution is 2.31. The van der Waals surface area contributed by atoms with E-state index in [0.29, 0.717) is 12.6 Å². The third-order valence-electron chi connectivity index (χ3n) is 3.20. The molecule has 0 bridgehead atoms. The van der Waals surface area contributed by atoms with Crippen LogP contribution in [0.4, 0.5) is 0 Å². The zero-order valence-electron chi connectivity index (χ0n) is 9.83. The standard InChI is InChI=1S/C13H20N2O/c1-16-11-5-6-12-10(9-11)3-2-4-13(12)15-8-7-14/h5-6,9,13,15H,2-4,7-8,14H2,1H3. The molecule has 0 saturated carbocycles. The minimum absolute atomic E-state index is 0.471. The maximum Gasteiger partial charge on any atom is 0.119 e. The summed E-state index contributed by atoms with van der Waals surface area (Å²) in [5, 5.41) is 3.50. The molecule has 0 fully saturated rings. The average molecular weight is 220 g/mol. The van der Waals surface area contributed by atoms with E-state index in [9.17, 15) is 0 Å². The second-order valence-electron chi connectivity index (χ2n) is 4.25. The van der Waals surface area contributed by atoms with Crippen LogP contribution < -0.4 is 15.8 Å². The lowest BCUT2D eigenvalue weighted by atomic mass is 9.87. The number of hydrogen-bond acceptors (Lipinski definition) is 3. The first-order valence-corrected chi connectivity index (χ1v) is 5.95. The van der Waals surface area contributed by atoms with Gasteiger partial charge in [-0.05, 0) is 42.5 Å². The number of fused-ring (bicyclic) bond motifs is 1. The van der Waals surface area contributed by atoms with E-state index in [-0.39, 0.29) is 0 Å². The van der Waals surface area contributed by atoms with Crippen molar-refractivity contribution in [3.8, 4) is 5.75 Å². The van der Waals surface area contributed by atoms with Crippen LogP contribution >= 0.6 is 0 Å². The van der Waals surface area contributed by atoms with Gasteiger partial charge in [-0.15, -0.1) is 0 Å². The summed E-state index contributed by atoms with van der Waals surface area (Å²) in [6, 6.07) is 6.85. The van der Waals surface area contributed by atoms with Gasteiger partial charge in [-0.25, -0.2) is 0 Å². The minimum Gasteiger partial charge on any atom is -0.497 e. The highest BCUT2D eigenvalue weighted by molar-refractivity contribution is 5.39. The van der Waals surface area contributed by atoms with Crippen LogP contribution in [-0.4, -0.2) is 20.2 Å². The van der Waals surface area contributed by atoms with E-state index in [1.807, 2.05) is 6.07 Å². The van der Waals surface area contributed by atoms with Gasteiger partial charge in [0.05, 0.1) is 7.11 Å². The van der Waals surface area contributed by atoms with Crippen LogP contribution in [-0.2, 0) is 6.42 Å². The van der Waals surface area contributed by atoms with Crippen LogP contribution in [0.1, 0.15) is 30.0 Å². The lowest BCUT2D eigenvalue weighted by Crippen LogP contribution is -2.29. The monoisotopic (exact) mass is 220 g/mol. The Labute approximate surface area is 97.0 Å². The summed E-state index contributed by atoms with van der Waals surface area (Å²) < 4.78 is 5.26. The van der Waals surface area contributed by atoms with Gasteiger partial charge in [0.1, 0.15) is 5.75 Å². The van der Waals surface area contributed by atoms with Crippen molar-refractivity contribution >= 4 is 0 Å². The van der Waals surface area contributed by atoms with Crippen molar-refractivity contribution in [1.82, 2.24) is 5.32 Å². The van der Waals surface area contributed by atoms with E-state index in [1.54, 1.807) is 7.11 Å². The van der Waals surface area contributed by atoms with Crippen LogP contribution in [0.3, 0.4) is 0 Å². The summed E-state index contributed by atoms with van der Waals surface area (Å²) >= 11 is 0. The van der Waals surface area contributed by atoms with Crippen LogP contribution in [0.15, 0.2) is 18.2 Å². The molecular weight excluding hydrogens is 200 g/mol. The number of nitrogens with one attached hydrogen (secondary N) is 1. The summed E-state index contributed by atoms with van der Waals surface area (Å²) in [7, 11) is 1.72. The normalized spacial score (nSPS) is 19.2. The molecule has 0 radical (unpaired) electrons. The summed E-state index contributed by atoms with van der Waals surface area (Å²) in [6.07, 6.45) is 3.61. The van der Waals surface area contributed by atoms with E-state index >= 15 is 0 Å². The topological polar surface area (TPSA) is 47.3 Å². The summed E-state index contributed by atoms with van der Waals surface area (Å²) in [5.74, 6) is 0.957. The molecule has 1 aromatic carbocycles. The van der Waals surface area contributed by atoms with E-state index < -0.39 is 0 Å². The van der Waals surface area contributed by atoms with Crippen molar-refractivity contribution < 1.29 is 4.74 Å². The van der Waals surface area contributed by atoms with Gasteiger partial charge in [-0.2, -0.15) is 0 Å². The van der Waals surface area contributed by atoms with Gasteiger partial charge in [-0.3, -0.25) is 0 Å². The molecule has 0 aromatic heterocycles. The molecule has 0 saturated heterocycles. The predicted molar refractivity (Wildman–Crippen MR) is 65.7 cm³/mol. The largest absolute Gasteiger partial charge is 0.497 e. The lowest BCUT2D eigenvalue weighted by molar-refractivity contribution is 0.411. The molecule has 2 rings (SSSR count). The number of methoxy groups -OCH3 is 1. The van der Waals surface area contributed by atoms with Gasteiger partial charge >= 0.3 is 0 Å². The average Bonchev–Trinajstić information content (AvgIpc) is 2.35. The molecule has 0 aliphatic heterocycles. The van der Waals surface area contributed by atoms with Gasteiger partial charge in [0, 0.05) is 19.1 Å². The van der Waals surface area contributed by atoms with Crippen molar-refractivity contribution in [3.63, 3.8) is 0 Å². The molecule has 3 nitrogen and oxygen atoms in total. The van der Waals surface area contributed by atoms with Crippen LogP contribution in [0.25, 0.3) is 0 Å². The van der Waals surface area contributed by atoms with Crippen LogP contribution in [0.5, 0.6) is 5.75 Å². The Kier molecular flexibility index (Phi) is 3.80. The van der Waals surface area contributed by atoms with Crippen molar-refractivity contribution in [2.24, 2.45) is 5.73 Å². The Morgan fingerprint density at radius 2 is 2.38 bits per heavy atom. The Bertz CT molecular complexity index is 352. The Balaban J connectivity index is 2.18. The number of hydrogen-bond donors (Lipinski definition) is 2. The fourth-order valence-corrected chi connectivity index (χ4v) is 2.39. The van der Waals surface area contributed by atoms with Gasteiger partial charge in [-0.1, -0.05) is 6.07 Å². The maximum absolute atomic E-state index is 5.53. The number of aryl methyl sites for hydroxylation is 1. The highest BCUT2D eigenvalue weighted by atomic mass is 16.5. The van der Waals surface area contributed by atoms with Gasteiger partial charge in [0.15, 0.2) is 0 Å². The Morgan fingerprint density at radius 3 is 3.12 bits per heavy atom.